The van der Waals surface area contributed by atoms with Gasteiger partial charge in [0.1, 0.15) is 0 Å². The first kappa shape index (κ1) is 13.8. The van der Waals surface area contributed by atoms with Crippen LogP contribution in [0.1, 0.15) is 51.3 Å². The molecule has 2 heterocycles. The van der Waals surface area contributed by atoms with Gasteiger partial charge in [-0.1, -0.05) is 19.9 Å². The van der Waals surface area contributed by atoms with Crippen molar-refractivity contribution in [2.24, 2.45) is 5.92 Å². The van der Waals surface area contributed by atoms with Crippen LogP contribution in [0.2, 0.25) is 0 Å². The van der Waals surface area contributed by atoms with Crippen LogP contribution in [0.15, 0.2) is 23.6 Å². The second kappa shape index (κ2) is 5.70. The molecule has 0 radical (unpaired) electrons. The van der Waals surface area contributed by atoms with E-state index in [1.54, 1.807) is 22.7 Å². The van der Waals surface area contributed by atoms with Crippen LogP contribution in [0.4, 0.5) is 0 Å². The monoisotopic (exact) mass is 305 g/mol. The molecule has 2 aromatic rings. The molecule has 4 heteroatoms. The van der Waals surface area contributed by atoms with Crippen molar-refractivity contribution in [2.45, 2.75) is 39.2 Å². The number of fused-ring (bicyclic) bond motifs is 1. The Kier molecular flexibility index (Phi) is 3.94. The molecule has 0 fully saturated rings. The van der Waals surface area contributed by atoms with Gasteiger partial charge in [-0.05, 0) is 48.3 Å². The lowest BCUT2D eigenvalue weighted by atomic mass is 10.0. The second-order valence-corrected chi connectivity index (χ2v) is 7.74. The van der Waals surface area contributed by atoms with E-state index in [-0.39, 0.29) is 11.9 Å². The van der Waals surface area contributed by atoms with E-state index >= 15 is 0 Å². The van der Waals surface area contributed by atoms with Crippen molar-refractivity contribution in [2.75, 3.05) is 0 Å². The van der Waals surface area contributed by atoms with Gasteiger partial charge >= 0.3 is 0 Å². The molecule has 2 aromatic heterocycles. The Morgan fingerprint density at radius 2 is 2.20 bits per heavy atom. The zero-order valence-corrected chi connectivity index (χ0v) is 13.4. The maximum absolute atomic E-state index is 12.5. The normalized spacial score (nSPS) is 15.3. The molecule has 1 aliphatic carbocycles. The molecule has 106 valence electrons. The van der Waals surface area contributed by atoms with E-state index in [2.05, 4.69) is 36.7 Å². The van der Waals surface area contributed by atoms with Crippen molar-refractivity contribution in [3.63, 3.8) is 0 Å². The van der Waals surface area contributed by atoms with Crippen LogP contribution < -0.4 is 5.32 Å². The van der Waals surface area contributed by atoms with Crippen LogP contribution in [0.3, 0.4) is 0 Å². The topological polar surface area (TPSA) is 29.1 Å². The Morgan fingerprint density at radius 1 is 1.35 bits per heavy atom. The van der Waals surface area contributed by atoms with Gasteiger partial charge in [0.15, 0.2) is 0 Å². The predicted molar refractivity (Wildman–Crippen MR) is 85.7 cm³/mol. The standard InChI is InChI=1S/C16H19NOS2/c1-10(2)15(13-7-4-8-19-13)17-16(18)14-9-11-5-3-6-12(11)20-14/h4,7-10,15H,3,5-6H2,1-2H3,(H,17,18)/t15-/m1/s1. The highest BCUT2D eigenvalue weighted by atomic mass is 32.1. The number of thiophene rings is 2. The Hall–Kier alpha value is -1.13. The number of hydrogen-bond acceptors (Lipinski definition) is 3. The Bertz CT molecular complexity index is 577. The molecule has 3 rings (SSSR count). The first-order chi connectivity index (χ1) is 9.65. The average molecular weight is 305 g/mol. The van der Waals surface area contributed by atoms with Crippen LogP contribution in [-0.4, -0.2) is 5.91 Å². The molecule has 2 nitrogen and oxygen atoms in total. The maximum Gasteiger partial charge on any atom is 0.261 e. The van der Waals surface area contributed by atoms with E-state index in [0.29, 0.717) is 5.92 Å². The molecule has 0 bridgehead atoms. The predicted octanol–water partition coefficient (Wildman–Crippen LogP) is 4.43. The lowest BCUT2D eigenvalue weighted by Crippen LogP contribution is -2.30. The molecule has 1 N–H and O–H groups in total. The highest BCUT2D eigenvalue weighted by Gasteiger charge is 2.23. The van der Waals surface area contributed by atoms with E-state index < -0.39 is 0 Å². The van der Waals surface area contributed by atoms with Crippen molar-refractivity contribution in [3.05, 3.63) is 43.8 Å². The van der Waals surface area contributed by atoms with Gasteiger partial charge in [0, 0.05) is 9.75 Å². The summed E-state index contributed by atoms with van der Waals surface area (Å²) < 4.78 is 0. The lowest BCUT2D eigenvalue weighted by Gasteiger charge is -2.20. The zero-order chi connectivity index (χ0) is 14.1. The van der Waals surface area contributed by atoms with Gasteiger partial charge in [0.2, 0.25) is 0 Å². The molecule has 0 unspecified atom stereocenters. The third-order valence-corrected chi connectivity index (χ3v) is 5.96. The summed E-state index contributed by atoms with van der Waals surface area (Å²) >= 11 is 3.38. The Balaban J connectivity index is 1.76. The van der Waals surface area contributed by atoms with Gasteiger partial charge in [-0.25, -0.2) is 0 Å². The van der Waals surface area contributed by atoms with E-state index in [4.69, 9.17) is 0 Å². The smallest absolute Gasteiger partial charge is 0.261 e. The summed E-state index contributed by atoms with van der Waals surface area (Å²) in [6.45, 7) is 4.30. The SMILES string of the molecule is CC(C)[C@@H](NC(=O)c1cc2c(s1)CCC2)c1cccs1. The van der Waals surface area contributed by atoms with Crippen molar-refractivity contribution in [3.8, 4) is 0 Å². The van der Waals surface area contributed by atoms with E-state index in [9.17, 15) is 4.79 Å². The number of aryl methyl sites for hydroxylation is 2. The fraction of sp³-hybridized carbons (Fsp3) is 0.438. The molecule has 0 aliphatic heterocycles. The molecule has 0 saturated heterocycles. The lowest BCUT2D eigenvalue weighted by molar-refractivity contribution is 0.0930. The fourth-order valence-corrected chi connectivity index (χ4v) is 4.79. The van der Waals surface area contributed by atoms with Crippen LogP contribution in [-0.2, 0) is 12.8 Å². The van der Waals surface area contributed by atoms with Crippen molar-refractivity contribution in [1.82, 2.24) is 5.32 Å². The van der Waals surface area contributed by atoms with Crippen molar-refractivity contribution >= 4 is 28.6 Å². The average Bonchev–Trinajstić information content (AvgIpc) is 3.10. The molecular formula is C16H19NOS2. The van der Waals surface area contributed by atoms with Gasteiger partial charge in [-0.15, -0.1) is 22.7 Å². The second-order valence-electron chi connectivity index (χ2n) is 5.62. The summed E-state index contributed by atoms with van der Waals surface area (Å²) in [5, 5.41) is 5.27. The highest BCUT2D eigenvalue weighted by Crippen LogP contribution is 2.32. The summed E-state index contributed by atoms with van der Waals surface area (Å²) in [6, 6.07) is 6.35. The highest BCUT2D eigenvalue weighted by molar-refractivity contribution is 7.14. The maximum atomic E-state index is 12.5. The summed E-state index contributed by atoms with van der Waals surface area (Å²) in [4.78, 5) is 16.0. The number of carbonyl (C=O) groups excluding carboxylic acids is 1. The number of hydrogen-bond donors (Lipinski definition) is 1. The molecule has 0 spiro atoms. The van der Waals surface area contributed by atoms with Crippen molar-refractivity contribution < 1.29 is 4.79 Å². The third kappa shape index (κ3) is 2.67. The number of nitrogens with one attached hydrogen (secondary N) is 1. The Labute approximate surface area is 127 Å². The minimum Gasteiger partial charge on any atom is -0.343 e. The Morgan fingerprint density at radius 3 is 2.85 bits per heavy atom. The third-order valence-electron chi connectivity index (χ3n) is 3.77. The number of carbonyl (C=O) groups is 1. The zero-order valence-electron chi connectivity index (χ0n) is 11.8. The molecular weight excluding hydrogens is 286 g/mol. The molecule has 1 aliphatic rings. The van der Waals surface area contributed by atoms with Gasteiger partial charge in [-0.2, -0.15) is 0 Å². The number of amides is 1. The van der Waals surface area contributed by atoms with Crippen molar-refractivity contribution in [1.29, 1.82) is 0 Å². The summed E-state index contributed by atoms with van der Waals surface area (Å²) in [5.41, 5.74) is 1.39. The van der Waals surface area contributed by atoms with Gasteiger partial charge in [0.05, 0.1) is 10.9 Å². The minimum atomic E-state index is 0.0801. The molecule has 1 atom stereocenters. The summed E-state index contributed by atoms with van der Waals surface area (Å²) in [5.74, 6) is 0.473. The summed E-state index contributed by atoms with van der Waals surface area (Å²) in [7, 11) is 0. The first-order valence-corrected chi connectivity index (χ1v) is 8.80. The van der Waals surface area contributed by atoms with Gasteiger partial charge < -0.3 is 5.32 Å². The first-order valence-electron chi connectivity index (χ1n) is 7.11. The van der Waals surface area contributed by atoms with Crippen LogP contribution >= 0.6 is 22.7 Å². The van der Waals surface area contributed by atoms with Gasteiger partial charge in [0.25, 0.3) is 5.91 Å². The number of rotatable bonds is 4. The van der Waals surface area contributed by atoms with Crippen LogP contribution in [0, 0.1) is 5.92 Å². The van der Waals surface area contributed by atoms with Gasteiger partial charge in [-0.3, -0.25) is 4.79 Å². The molecule has 1 amide bonds. The quantitative estimate of drug-likeness (QED) is 0.890. The van der Waals surface area contributed by atoms with Crippen LogP contribution in [0.25, 0.3) is 0 Å². The summed E-state index contributed by atoms with van der Waals surface area (Å²) in [6.07, 6.45) is 3.52. The molecule has 20 heavy (non-hydrogen) atoms. The van der Waals surface area contributed by atoms with E-state index in [1.807, 2.05) is 6.07 Å². The van der Waals surface area contributed by atoms with E-state index in [1.165, 1.54) is 21.7 Å². The molecule has 0 aromatic carbocycles. The fourth-order valence-electron chi connectivity index (χ4n) is 2.69. The largest absolute Gasteiger partial charge is 0.343 e. The molecule has 0 saturated carbocycles. The van der Waals surface area contributed by atoms with E-state index in [0.717, 1.165) is 17.7 Å². The van der Waals surface area contributed by atoms with Crippen LogP contribution in [0.5, 0.6) is 0 Å². The minimum absolute atomic E-state index is 0.0801.